The van der Waals surface area contributed by atoms with Crippen molar-refractivity contribution in [3.05, 3.63) is 34.2 Å². The van der Waals surface area contributed by atoms with Crippen molar-refractivity contribution in [2.75, 3.05) is 13.6 Å². The van der Waals surface area contributed by atoms with Crippen molar-refractivity contribution < 1.29 is 4.79 Å². The van der Waals surface area contributed by atoms with Crippen molar-refractivity contribution in [1.29, 1.82) is 0 Å². The highest BCUT2D eigenvalue weighted by molar-refractivity contribution is 5.93. The molecule has 0 saturated heterocycles. The van der Waals surface area contributed by atoms with Crippen LogP contribution in [0, 0.1) is 5.92 Å². The maximum atomic E-state index is 12.4. The van der Waals surface area contributed by atoms with E-state index in [1.54, 1.807) is 24.1 Å². The molecule has 1 amide bonds. The van der Waals surface area contributed by atoms with Crippen molar-refractivity contribution >= 4 is 5.91 Å². The first kappa shape index (κ1) is 13.8. The number of aromatic amines is 1. The average Bonchev–Trinajstić information content (AvgIpc) is 2.46. The van der Waals surface area contributed by atoms with E-state index in [2.05, 4.69) is 4.98 Å². The summed E-state index contributed by atoms with van der Waals surface area (Å²) in [5.41, 5.74) is 5.66. The summed E-state index contributed by atoms with van der Waals surface area (Å²) in [5.74, 6) is 0.123. The summed E-state index contributed by atoms with van der Waals surface area (Å²) in [6, 6.07) is 3.38. The molecule has 0 aliphatic heterocycles. The number of hydrogen-bond donors (Lipinski definition) is 2. The summed E-state index contributed by atoms with van der Waals surface area (Å²) in [6.45, 7) is 0.591. The van der Waals surface area contributed by atoms with Crippen LogP contribution in [-0.2, 0) is 0 Å². The van der Waals surface area contributed by atoms with Gasteiger partial charge in [-0.2, -0.15) is 0 Å². The highest BCUT2D eigenvalue weighted by atomic mass is 16.2. The molecule has 5 heteroatoms. The minimum Gasteiger partial charge on any atom is -0.338 e. The molecule has 104 valence electrons. The molecule has 1 heterocycles. The maximum absolute atomic E-state index is 12.4. The zero-order valence-electron chi connectivity index (χ0n) is 11.3. The van der Waals surface area contributed by atoms with Gasteiger partial charge in [-0.15, -0.1) is 0 Å². The predicted molar refractivity (Wildman–Crippen MR) is 74.0 cm³/mol. The molecule has 19 heavy (non-hydrogen) atoms. The predicted octanol–water partition coefficient (Wildman–Crippen LogP) is 0.964. The fourth-order valence-corrected chi connectivity index (χ4v) is 2.90. The highest BCUT2D eigenvalue weighted by Crippen LogP contribution is 2.27. The second-order valence-corrected chi connectivity index (χ2v) is 5.18. The quantitative estimate of drug-likeness (QED) is 0.852. The van der Waals surface area contributed by atoms with E-state index >= 15 is 0 Å². The van der Waals surface area contributed by atoms with Crippen LogP contribution in [0.2, 0.25) is 0 Å². The number of carbonyl (C=O) groups excluding carboxylic acids is 1. The molecule has 0 aromatic carbocycles. The Bertz CT molecular complexity index is 497. The summed E-state index contributed by atoms with van der Waals surface area (Å²) >= 11 is 0. The molecule has 0 radical (unpaired) electrons. The van der Waals surface area contributed by atoms with Gasteiger partial charge >= 0.3 is 0 Å². The van der Waals surface area contributed by atoms with E-state index in [0.29, 0.717) is 12.5 Å². The molecule has 1 fully saturated rings. The summed E-state index contributed by atoms with van der Waals surface area (Å²) in [5, 5.41) is 0. The Morgan fingerprint density at radius 3 is 2.89 bits per heavy atom. The molecule has 0 spiro atoms. The Kier molecular flexibility index (Phi) is 4.37. The largest absolute Gasteiger partial charge is 0.338 e. The van der Waals surface area contributed by atoms with E-state index in [-0.39, 0.29) is 23.1 Å². The number of nitrogens with zero attached hydrogens (tertiary/aromatic N) is 1. The first-order valence-corrected chi connectivity index (χ1v) is 6.80. The first-order valence-electron chi connectivity index (χ1n) is 6.80. The molecular formula is C14H21N3O2. The summed E-state index contributed by atoms with van der Waals surface area (Å²) in [6.07, 6.45) is 5.84. The van der Waals surface area contributed by atoms with Gasteiger partial charge in [-0.1, -0.05) is 12.8 Å². The Labute approximate surface area is 112 Å². The number of pyridine rings is 1. The number of carbonyl (C=O) groups is 1. The van der Waals surface area contributed by atoms with Gasteiger partial charge < -0.3 is 15.6 Å². The van der Waals surface area contributed by atoms with Crippen molar-refractivity contribution in [2.45, 2.75) is 31.7 Å². The lowest BCUT2D eigenvalue weighted by atomic mass is 9.83. The smallest absolute Gasteiger partial charge is 0.260 e. The zero-order chi connectivity index (χ0) is 13.8. The van der Waals surface area contributed by atoms with Gasteiger partial charge in [0, 0.05) is 19.3 Å². The number of amides is 1. The average molecular weight is 263 g/mol. The minimum atomic E-state index is -0.334. The van der Waals surface area contributed by atoms with Crippen LogP contribution in [0.15, 0.2) is 23.1 Å². The third-order valence-corrected chi connectivity index (χ3v) is 4.04. The summed E-state index contributed by atoms with van der Waals surface area (Å²) < 4.78 is 0. The molecule has 2 unspecified atom stereocenters. The number of rotatable bonds is 3. The van der Waals surface area contributed by atoms with Crippen molar-refractivity contribution in [3.63, 3.8) is 0 Å². The van der Waals surface area contributed by atoms with Crippen LogP contribution < -0.4 is 11.3 Å². The van der Waals surface area contributed by atoms with Crippen LogP contribution in [0.25, 0.3) is 0 Å². The van der Waals surface area contributed by atoms with Gasteiger partial charge in [0.2, 0.25) is 0 Å². The zero-order valence-corrected chi connectivity index (χ0v) is 11.3. The van der Waals surface area contributed by atoms with Crippen LogP contribution in [0.1, 0.15) is 36.0 Å². The topological polar surface area (TPSA) is 79.2 Å². The third kappa shape index (κ3) is 2.87. The SMILES string of the molecule is CN(C(=O)c1ccc[nH]c1=O)C1CCCCC1CN. The first-order chi connectivity index (χ1) is 9.15. The Morgan fingerprint density at radius 2 is 2.21 bits per heavy atom. The minimum absolute atomic E-state index is 0.144. The molecule has 5 nitrogen and oxygen atoms in total. The van der Waals surface area contributed by atoms with Gasteiger partial charge in [0.05, 0.1) is 0 Å². The fourth-order valence-electron chi connectivity index (χ4n) is 2.90. The molecule has 1 aliphatic carbocycles. The van der Waals surface area contributed by atoms with Crippen LogP contribution >= 0.6 is 0 Å². The molecule has 2 atom stereocenters. The standard InChI is InChI=1S/C14H21N3O2/c1-17(12-7-3-2-5-10(12)9-15)14(19)11-6-4-8-16-13(11)18/h4,6,8,10,12H,2-3,5,7,9,15H2,1H3,(H,16,18). The lowest BCUT2D eigenvalue weighted by Gasteiger charge is -2.37. The third-order valence-electron chi connectivity index (χ3n) is 4.04. The highest BCUT2D eigenvalue weighted by Gasteiger charge is 2.30. The Balaban J connectivity index is 2.19. The number of nitrogens with one attached hydrogen (secondary N) is 1. The number of aromatic nitrogens is 1. The monoisotopic (exact) mass is 263 g/mol. The van der Waals surface area contributed by atoms with Gasteiger partial charge in [0.15, 0.2) is 0 Å². The molecule has 1 aliphatic rings. The molecule has 3 N–H and O–H groups in total. The number of hydrogen-bond acceptors (Lipinski definition) is 3. The number of nitrogens with two attached hydrogens (primary N) is 1. The van der Waals surface area contributed by atoms with E-state index in [9.17, 15) is 9.59 Å². The Morgan fingerprint density at radius 1 is 1.47 bits per heavy atom. The second kappa shape index (κ2) is 6.02. The maximum Gasteiger partial charge on any atom is 0.260 e. The van der Waals surface area contributed by atoms with Gasteiger partial charge in [0.25, 0.3) is 11.5 Å². The van der Waals surface area contributed by atoms with Crippen molar-refractivity contribution in [1.82, 2.24) is 9.88 Å². The van der Waals surface area contributed by atoms with E-state index in [4.69, 9.17) is 5.73 Å². The van der Waals surface area contributed by atoms with Gasteiger partial charge in [-0.3, -0.25) is 9.59 Å². The van der Waals surface area contributed by atoms with E-state index in [0.717, 1.165) is 19.3 Å². The van der Waals surface area contributed by atoms with Gasteiger partial charge in [-0.05, 0) is 37.4 Å². The van der Waals surface area contributed by atoms with E-state index < -0.39 is 0 Å². The molecule has 1 aromatic rings. The molecular weight excluding hydrogens is 242 g/mol. The molecule has 2 rings (SSSR count). The van der Waals surface area contributed by atoms with Crippen molar-refractivity contribution in [2.24, 2.45) is 11.7 Å². The molecule has 1 saturated carbocycles. The fraction of sp³-hybridized carbons (Fsp3) is 0.571. The van der Waals surface area contributed by atoms with E-state index in [1.807, 2.05) is 0 Å². The Hall–Kier alpha value is -1.62. The van der Waals surface area contributed by atoms with Crippen LogP contribution in [0.3, 0.4) is 0 Å². The molecule has 1 aromatic heterocycles. The lowest BCUT2D eigenvalue weighted by Crippen LogP contribution is -2.46. The van der Waals surface area contributed by atoms with Crippen LogP contribution in [0.4, 0.5) is 0 Å². The van der Waals surface area contributed by atoms with Crippen LogP contribution in [0.5, 0.6) is 0 Å². The number of H-pyrrole nitrogens is 1. The summed E-state index contributed by atoms with van der Waals surface area (Å²) in [7, 11) is 1.77. The normalized spacial score (nSPS) is 23.1. The van der Waals surface area contributed by atoms with E-state index in [1.165, 1.54) is 12.6 Å². The van der Waals surface area contributed by atoms with Gasteiger partial charge in [-0.25, -0.2) is 0 Å². The lowest BCUT2D eigenvalue weighted by molar-refractivity contribution is 0.0618. The second-order valence-electron chi connectivity index (χ2n) is 5.18. The van der Waals surface area contributed by atoms with Crippen molar-refractivity contribution in [3.8, 4) is 0 Å². The van der Waals surface area contributed by atoms with Crippen LogP contribution in [-0.4, -0.2) is 35.4 Å². The summed E-state index contributed by atoms with van der Waals surface area (Å²) in [4.78, 5) is 28.3. The van der Waals surface area contributed by atoms with Gasteiger partial charge in [0.1, 0.15) is 5.56 Å². The molecule has 0 bridgehead atoms.